The number of rotatable bonds is 2. The van der Waals surface area contributed by atoms with Crippen LogP contribution in [0.25, 0.3) is 5.69 Å². The van der Waals surface area contributed by atoms with Gasteiger partial charge in [0.25, 0.3) is 9.05 Å². The van der Waals surface area contributed by atoms with Crippen LogP contribution in [0.5, 0.6) is 0 Å². The SMILES string of the molecule is Cc1cc(Br)ccc1-n1nc(C)c(S(=O)(=O)Cl)c1Cl. The van der Waals surface area contributed by atoms with Crippen molar-refractivity contribution in [1.82, 2.24) is 9.78 Å². The molecule has 102 valence electrons. The molecule has 1 aromatic heterocycles. The minimum Gasteiger partial charge on any atom is -0.220 e. The number of halogens is 3. The summed E-state index contributed by atoms with van der Waals surface area (Å²) in [5, 5.41) is 4.13. The van der Waals surface area contributed by atoms with Crippen LogP contribution in [-0.2, 0) is 9.05 Å². The van der Waals surface area contributed by atoms with Crippen LogP contribution in [0.2, 0.25) is 5.15 Å². The van der Waals surface area contributed by atoms with Gasteiger partial charge >= 0.3 is 0 Å². The van der Waals surface area contributed by atoms with Crippen LogP contribution in [0, 0.1) is 13.8 Å². The first-order valence-corrected chi connectivity index (χ1v) is 8.66. The Balaban J connectivity index is 2.72. The molecule has 0 saturated carbocycles. The van der Waals surface area contributed by atoms with Gasteiger partial charge in [-0.25, -0.2) is 13.1 Å². The third kappa shape index (κ3) is 2.81. The third-order valence-corrected chi connectivity index (χ3v) is 4.98. The van der Waals surface area contributed by atoms with E-state index in [0.29, 0.717) is 5.69 Å². The number of hydrogen-bond donors (Lipinski definition) is 0. The summed E-state index contributed by atoms with van der Waals surface area (Å²) in [6.07, 6.45) is 0. The van der Waals surface area contributed by atoms with Gasteiger partial charge < -0.3 is 0 Å². The van der Waals surface area contributed by atoms with Crippen molar-refractivity contribution >= 4 is 47.3 Å². The zero-order chi connectivity index (χ0) is 14.4. The Morgan fingerprint density at radius 3 is 2.42 bits per heavy atom. The standard InChI is InChI=1S/C11H9BrCl2N2O2S/c1-6-5-8(12)3-4-9(6)16-11(13)10(7(2)15-16)19(14,17)18/h3-5H,1-2H3. The lowest BCUT2D eigenvalue weighted by Crippen LogP contribution is -2.00. The number of aryl methyl sites for hydroxylation is 2. The maximum Gasteiger partial charge on any atom is 0.266 e. The normalized spacial score (nSPS) is 11.8. The molecule has 0 fully saturated rings. The van der Waals surface area contributed by atoms with Crippen LogP contribution in [0.1, 0.15) is 11.3 Å². The van der Waals surface area contributed by atoms with Gasteiger partial charge in [-0.3, -0.25) is 0 Å². The van der Waals surface area contributed by atoms with Crippen molar-refractivity contribution in [3.63, 3.8) is 0 Å². The van der Waals surface area contributed by atoms with E-state index in [9.17, 15) is 8.42 Å². The van der Waals surface area contributed by atoms with Gasteiger partial charge in [0.05, 0.1) is 11.4 Å². The molecule has 0 amide bonds. The molecule has 1 heterocycles. The summed E-state index contributed by atoms with van der Waals surface area (Å²) >= 11 is 9.44. The van der Waals surface area contributed by atoms with Crippen LogP contribution in [0.15, 0.2) is 27.6 Å². The largest absolute Gasteiger partial charge is 0.266 e. The number of hydrogen-bond acceptors (Lipinski definition) is 3. The minimum absolute atomic E-state index is 0.0158. The molecule has 0 spiro atoms. The Morgan fingerprint density at radius 1 is 1.32 bits per heavy atom. The molecular weight excluding hydrogens is 375 g/mol. The van der Waals surface area contributed by atoms with Crippen LogP contribution in [0.4, 0.5) is 0 Å². The molecule has 19 heavy (non-hydrogen) atoms. The highest BCUT2D eigenvalue weighted by atomic mass is 79.9. The van der Waals surface area contributed by atoms with Crippen LogP contribution >= 0.6 is 38.2 Å². The first-order valence-electron chi connectivity index (χ1n) is 5.18. The number of benzene rings is 1. The highest BCUT2D eigenvalue weighted by Crippen LogP contribution is 2.31. The van der Waals surface area contributed by atoms with E-state index in [1.165, 1.54) is 4.68 Å². The summed E-state index contributed by atoms with van der Waals surface area (Å²) in [5.41, 5.74) is 1.86. The van der Waals surface area contributed by atoms with Crippen molar-refractivity contribution in [1.29, 1.82) is 0 Å². The Hall–Kier alpha value is -0.560. The number of nitrogens with zero attached hydrogens (tertiary/aromatic N) is 2. The third-order valence-electron chi connectivity index (χ3n) is 2.58. The summed E-state index contributed by atoms with van der Waals surface area (Å²) in [5.74, 6) is 0. The maximum absolute atomic E-state index is 11.5. The lowest BCUT2D eigenvalue weighted by atomic mass is 10.2. The van der Waals surface area contributed by atoms with Gasteiger partial charge in [0.2, 0.25) is 0 Å². The van der Waals surface area contributed by atoms with Gasteiger partial charge in [0, 0.05) is 15.2 Å². The van der Waals surface area contributed by atoms with E-state index in [1.54, 1.807) is 13.0 Å². The molecule has 0 aliphatic rings. The Labute approximate surface area is 128 Å². The summed E-state index contributed by atoms with van der Waals surface area (Å²) in [6, 6.07) is 5.50. The van der Waals surface area contributed by atoms with Gasteiger partial charge in [-0.2, -0.15) is 5.10 Å². The van der Waals surface area contributed by atoms with Crippen molar-refractivity contribution in [2.75, 3.05) is 0 Å². The second-order valence-electron chi connectivity index (χ2n) is 3.99. The summed E-state index contributed by atoms with van der Waals surface area (Å²) in [7, 11) is 1.44. The minimum atomic E-state index is -3.92. The molecule has 1 aromatic carbocycles. The predicted octanol–water partition coefficient (Wildman–Crippen LogP) is 3.83. The molecule has 0 N–H and O–H groups in total. The van der Waals surface area contributed by atoms with Gasteiger partial charge in [0.15, 0.2) is 5.15 Å². The van der Waals surface area contributed by atoms with E-state index in [-0.39, 0.29) is 15.7 Å². The maximum atomic E-state index is 11.5. The van der Waals surface area contributed by atoms with Crippen molar-refractivity contribution in [3.8, 4) is 5.69 Å². The van der Waals surface area contributed by atoms with Crippen LogP contribution in [0.3, 0.4) is 0 Å². The first kappa shape index (κ1) is 14.8. The molecule has 0 aliphatic carbocycles. The molecule has 4 nitrogen and oxygen atoms in total. The van der Waals surface area contributed by atoms with E-state index in [1.807, 2.05) is 19.1 Å². The van der Waals surface area contributed by atoms with Crippen molar-refractivity contribution in [3.05, 3.63) is 39.1 Å². The lowest BCUT2D eigenvalue weighted by molar-refractivity contribution is 0.609. The summed E-state index contributed by atoms with van der Waals surface area (Å²) in [6.45, 7) is 3.42. The smallest absolute Gasteiger partial charge is 0.220 e. The lowest BCUT2D eigenvalue weighted by Gasteiger charge is -2.07. The van der Waals surface area contributed by atoms with Gasteiger partial charge in [-0.1, -0.05) is 27.5 Å². The van der Waals surface area contributed by atoms with Gasteiger partial charge in [-0.15, -0.1) is 0 Å². The van der Waals surface area contributed by atoms with E-state index in [2.05, 4.69) is 21.0 Å². The molecule has 0 radical (unpaired) electrons. The topological polar surface area (TPSA) is 52.0 Å². The Bertz CT molecular complexity index is 756. The van der Waals surface area contributed by atoms with Crippen LogP contribution < -0.4 is 0 Å². The zero-order valence-electron chi connectivity index (χ0n) is 9.99. The fraction of sp³-hybridized carbons (Fsp3) is 0.182. The molecule has 0 bridgehead atoms. The van der Waals surface area contributed by atoms with Gasteiger partial charge in [-0.05, 0) is 37.6 Å². The predicted molar refractivity (Wildman–Crippen MR) is 78.8 cm³/mol. The second-order valence-corrected chi connectivity index (χ2v) is 7.76. The average Bonchev–Trinajstić information content (AvgIpc) is 2.53. The quantitative estimate of drug-likeness (QED) is 0.740. The summed E-state index contributed by atoms with van der Waals surface area (Å²) < 4.78 is 25.2. The van der Waals surface area contributed by atoms with Gasteiger partial charge in [0.1, 0.15) is 4.90 Å². The molecule has 0 atom stereocenters. The molecule has 2 rings (SSSR count). The highest BCUT2D eigenvalue weighted by Gasteiger charge is 2.25. The fourth-order valence-corrected chi connectivity index (χ4v) is 4.18. The molecular formula is C11H9BrCl2N2O2S. The van der Waals surface area contributed by atoms with Crippen LogP contribution in [-0.4, -0.2) is 18.2 Å². The van der Waals surface area contributed by atoms with Crippen molar-refractivity contribution in [2.45, 2.75) is 18.7 Å². The number of aromatic nitrogens is 2. The molecule has 8 heteroatoms. The monoisotopic (exact) mass is 382 g/mol. The van der Waals surface area contributed by atoms with Crippen molar-refractivity contribution in [2.24, 2.45) is 0 Å². The first-order chi connectivity index (χ1) is 8.71. The molecule has 0 unspecified atom stereocenters. The fourth-order valence-electron chi connectivity index (χ4n) is 1.78. The van der Waals surface area contributed by atoms with Crippen molar-refractivity contribution < 1.29 is 8.42 Å². The van der Waals surface area contributed by atoms with E-state index < -0.39 is 9.05 Å². The Morgan fingerprint density at radius 2 is 1.95 bits per heavy atom. The molecule has 0 saturated heterocycles. The van der Waals surface area contributed by atoms with E-state index >= 15 is 0 Å². The molecule has 2 aromatic rings. The zero-order valence-corrected chi connectivity index (χ0v) is 13.9. The Kier molecular flexibility index (Phi) is 3.97. The second kappa shape index (κ2) is 5.09. The molecule has 0 aliphatic heterocycles. The highest BCUT2D eigenvalue weighted by molar-refractivity contribution is 9.10. The van der Waals surface area contributed by atoms with E-state index in [0.717, 1.165) is 10.0 Å². The summed E-state index contributed by atoms with van der Waals surface area (Å²) in [4.78, 5) is -0.154. The van der Waals surface area contributed by atoms with E-state index in [4.69, 9.17) is 22.3 Å². The average molecular weight is 384 g/mol.